The van der Waals surface area contributed by atoms with E-state index in [4.69, 9.17) is 10.00 Å². The Morgan fingerprint density at radius 2 is 2.04 bits per heavy atom. The van der Waals surface area contributed by atoms with Crippen LogP contribution in [0.15, 0.2) is 24.3 Å². The van der Waals surface area contributed by atoms with Gasteiger partial charge >= 0.3 is 0 Å². The van der Waals surface area contributed by atoms with Gasteiger partial charge in [-0.1, -0.05) is 12.1 Å². The molecule has 0 aromatic heterocycles. The van der Waals surface area contributed by atoms with Crippen molar-refractivity contribution in [1.29, 1.82) is 5.26 Å². The Bertz CT molecular complexity index is 662. The summed E-state index contributed by atoms with van der Waals surface area (Å²) < 4.78 is 5.29. The van der Waals surface area contributed by atoms with Crippen molar-refractivity contribution in [2.24, 2.45) is 0 Å². The lowest BCUT2D eigenvalue weighted by Crippen LogP contribution is -2.51. The zero-order valence-electron chi connectivity index (χ0n) is 13.6. The number of carbonyl (C=O) groups is 2. The van der Waals surface area contributed by atoms with Gasteiger partial charge in [-0.05, 0) is 30.5 Å². The Morgan fingerprint density at radius 1 is 1.25 bits per heavy atom. The van der Waals surface area contributed by atoms with Crippen LogP contribution in [0.1, 0.15) is 28.8 Å². The molecule has 0 aliphatic carbocycles. The average molecular weight is 327 g/mol. The van der Waals surface area contributed by atoms with Crippen LogP contribution in [0.3, 0.4) is 0 Å². The molecule has 0 radical (unpaired) electrons. The molecule has 126 valence electrons. The molecular formula is C18H21N3O3. The molecule has 24 heavy (non-hydrogen) atoms. The smallest absolute Gasteiger partial charge is 0.254 e. The van der Waals surface area contributed by atoms with Crippen LogP contribution >= 0.6 is 0 Å². The number of ether oxygens (including phenoxy) is 1. The first-order valence-electron chi connectivity index (χ1n) is 8.34. The molecule has 2 amide bonds. The zero-order valence-corrected chi connectivity index (χ0v) is 13.6. The molecule has 0 saturated carbocycles. The first-order valence-corrected chi connectivity index (χ1v) is 8.34. The van der Waals surface area contributed by atoms with Gasteiger partial charge in [0, 0.05) is 25.2 Å². The van der Waals surface area contributed by atoms with Gasteiger partial charge in [-0.3, -0.25) is 9.59 Å². The van der Waals surface area contributed by atoms with Crippen LogP contribution in [0.4, 0.5) is 0 Å². The van der Waals surface area contributed by atoms with Gasteiger partial charge in [-0.25, -0.2) is 0 Å². The maximum Gasteiger partial charge on any atom is 0.254 e. The summed E-state index contributed by atoms with van der Waals surface area (Å²) in [5, 5.41) is 8.81. The first kappa shape index (κ1) is 16.5. The number of benzene rings is 1. The van der Waals surface area contributed by atoms with Crippen molar-refractivity contribution in [3.63, 3.8) is 0 Å². The normalized spacial score (nSPS) is 20.7. The van der Waals surface area contributed by atoms with Crippen LogP contribution in [-0.2, 0) is 16.0 Å². The average Bonchev–Trinajstić information content (AvgIpc) is 3.11. The summed E-state index contributed by atoms with van der Waals surface area (Å²) >= 11 is 0. The predicted octanol–water partition coefficient (Wildman–Crippen LogP) is 1.22. The SMILES string of the molecule is N#CCc1cccc(C(=O)N2CCC[C@@H]2C(=O)N2CCOCC2)c1. The highest BCUT2D eigenvalue weighted by Crippen LogP contribution is 2.23. The molecule has 2 fully saturated rings. The quantitative estimate of drug-likeness (QED) is 0.836. The lowest BCUT2D eigenvalue weighted by atomic mass is 10.1. The molecule has 1 atom stereocenters. The van der Waals surface area contributed by atoms with Crippen molar-refractivity contribution in [1.82, 2.24) is 9.80 Å². The molecule has 0 bridgehead atoms. The third-order valence-corrected chi connectivity index (χ3v) is 4.58. The van der Waals surface area contributed by atoms with Crippen LogP contribution in [-0.4, -0.2) is 60.5 Å². The number of rotatable bonds is 3. The van der Waals surface area contributed by atoms with Gasteiger partial charge in [-0.2, -0.15) is 5.26 Å². The van der Waals surface area contributed by atoms with Gasteiger partial charge in [0.1, 0.15) is 6.04 Å². The molecule has 0 spiro atoms. The highest BCUT2D eigenvalue weighted by molar-refractivity contribution is 5.98. The van der Waals surface area contributed by atoms with Crippen molar-refractivity contribution in [3.8, 4) is 6.07 Å². The number of morpholine rings is 1. The highest BCUT2D eigenvalue weighted by Gasteiger charge is 2.37. The fourth-order valence-electron chi connectivity index (χ4n) is 3.33. The van der Waals surface area contributed by atoms with E-state index >= 15 is 0 Å². The fourth-order valence-corrected chi connectivity index (χ4v) is 3.33. The molecule has 3 rings (SSSR count). The van der Waals surface area contributed by atoms with E-state index in [0.29, 0.717) is 44.8 Å². The second kappa shape index (κ2) is 7.45. The summed E-state index contributed by atoms with van der Waals surface area (Å²) in [7, 11) is 0. The van der Waals surface area contributed by atoms with Gasteiger partial charge in [-0.15, -0.1) is 0 Å². The molecule has 6 nitrogen and oxygen atoms in total. The minimum atomic E-state index is -0.379. The standard InChI is InChI=1S/C18H21N3O3/c19-7-6-14-3-1-4-15(13-14)17(22)21-8-2-5-16(21)18(23)20-9-11-24-12-10-20/h1,3-4,13,16H,2,5-6,8-12H2/t16-/m1/s1. The second-order valence-electron chi connectivity index (χ2n) is 6.13. The number of hydrogen-bond donors (Lipinski definition) is 0. The van der Waals surface area contributed by atoms with Crippen LogP contribution in [0.25, 0.3) is 0 Å². The molecular weight excluding hydrogens is 306 g/mol. The maximum atomic E-state index is 12.8. The molecule has 1 aromatic rings. The third-order valence-electron chi connectivity index (χ3n) is 4.58. The number of carbonyl (C=O) groups excluding carboxylic acids is 2. The Labute approximate surface area is 141 Å². The van der Waals surface area contributed by atoms with Crippen molar-refractivity contribution in [2.45, 2.75) is 25.3 Å². The molecule has 6 heteroatoms. The fraction of sp³-hybridized carbons (Fsp3) is 0.500. The van der Waals surface area contributed by atoms with E-state index in [9.17, 15) is 9.59 Å². The number of likely N-dealkylation sites (tertiary alicyclic amines) is 1. The van der Waals surface area contributed by atoms with E-state index in [0.717, 1.165) is 12.0 Å². The number of hydrogen-bond acceptors (Lipinski definition) is 4. The molecule has 0 unspecified atom stereocenters. The van der Waals surface area contributed by atoms with Gasteiger partial charge in [0.25, 0.3) is 5.91 Å². The number of nitrogens with zero attached hydrogens (tertiary/aromatic N) is 3. The van der Waals surface area contributed by atoms with Gasteiger partial charge < -0.3 is 14.5 Å². The summed E-state index contributed by atoms with van der Waals surface area (Å²) in [6.07, 6.45) is 1.82. The third kappa shape index (κ3) is 3.41. The van der Waals surface area contributed by atoms with Crippen molar-refractivity contribution in [2.75, 3.05) is 32.8 Å². The lowest BCUT2D eigenvalue weighted by Gasteiger charge is -2.32. The van der Waals surface area contributed by atoms with Gasteiger partial charge in [0.15, 0.2) is 0 Å². The summed E-state index contributed by atoms with van der Waals surface area (Å²) in [5.74, 6) is -0.101. The van der Waals surface area contributed by atoms with E-state index in [-0.39, 0.29) is 24.3 Å². The van der Waals surface area contributed by atoms with E-state index in [1.54, 1.807) is 28.0 Å². The van der Waals surface area contributed by atoms with Gasteiger partial charge in [0.2, 0.25) is 5.91 Å². The van der Waals surface area contributed by atoms with Crippen LogP contribution in [0, 0.1) is 11.3 Å². The second-order valence-corrected chi connectivity index (χ2v) is 6.13. The predicted molar refractivity (Wildman–Crippen MR) is 87.2 cm³/mol. The molecule has 2 saturated heterocycles. The molecule has 2 aliphatic rings. The lowest BCUT2D eigenvalue weighted by molar-refractivity contribution is -0.139. The number of amides is 2. The monoisotopic (exact) mass is 327 g/mol. The minimum absolute atomic E-state index is 0.0253. The Kier molecular flexibility index (Phi) is 5.11. The van der Waals surface area contributed by atoms with E-state index < -0.39 is 0 Å². The Balaban J connectivity index is 1.74. The first-order chi connectivity index (χ1) is 11.7. The Morgan fingerprint density at radius 3 is 2.79 bits per heavy atom. The zero-order chi connectivity index (χ0) is 16.9. The van der Waals surface area contributed by atoms with Crippen molar-refractivity contribution >= 4 is 11.8 Å². The topological polar surface area (TPSA) is 73.6 Å². The largest absolute Gasteiger partial charge is 0.378 e. The minimum Gasteiger partial charge on any atom is -0.378 e. The van der Waals surface area contributed by atoms with E-state index in [2.05, 4.69) is 6.07 Å². The summed E-state index contributed by atoms with van der Waals surface area (Å²) in [6, 6.07) is 8.83. The Hall–Kier alpha value is -2.39. The van der Waals surface area contributed by atoms with Crippen LogP contribution in [0.2, 0.25) is 0 Å². The van der Waals surface area contributed by atoms with Crippen molar-refractivity contribution in [3.05, 3.63) is 35.4 Å². The molecule has 2 heterocycles. The highest BCUT2D eigenvalue weighted by atomic mass is 16.5. The van der Waals surface area contributed by atoms with Crippen LogP contribution in [0.5, 0.6) is 0 Å². The summed E-state index contributed by atoms with van der Waals surface area (Å²) in [6.45, 7) is 2.90. The molecule has 1 aromatic carbocycles. The molecule has 2 aliphatic heterocycles. The maximum absolute atomic E-state index is 12.8. The van der Waals surface area contributed by atoms with Crippen LogP contribution < -0.4 is 0 Å². The van der Waals surface area contributed by atoms with Crippen molar-refractivity contribution < 1.29 is 14.3 Å². The van der Waals surface area contributed by atoms with E-state index in [1.165, 1.54) is 0 Å². The van der Waals surface area contributed by atoms with Gasteiger partial charge in [0.05, 0.1) is 25.7 Å². The molecule has 0 N–H and O–H groups in total. The van der Waals surface area contributed by atoms with E-state index in [1.807, 2.05) is 6.07 Å². The summed E-state index contributed by atoms with van der Waals surface area (Å²) in [4.78, 5) is 29.1. The summed E-state index contributed by atoms with van der Waals surface area (Å²) in [5.41, 5.74) is 1.36. The number of nitriles is 1.